The van der Waals surface area contributed by atoms with Crippen LogP contribution in [0.4, 0.5) is 24.5 Å². The number of aliphatic hydroxyl groups is 1. The van der Waals surface area contributed by atoms with Crippen LogP contribution in [-0.2, 0) is 6.18 Å². The number of rotatable bonds is 3. The normalized spacial score (nSPS) is 12.6. The van der Waals surface area contributed by atoms with Crippen LogP contribution < -0.4 is 10.6 Å². The summed E-state index contributed by atoms with van der Waals surface area (Å²) in [5, 5.41) is 25.5. The summed E-state index contributed by atoms with van der Waals surface area (Å²) in [6.45, 7) is 1.47. The van der Waals surface area contributed by atoms with E-state index < -0.39 is 17.8 Å². The van der Waals surface area contributed by atoms with Gasteiger partial charge in [0.05, 0.1) is 17.4 Å². The summed E-state index contributed by atoms with van der Waals surface area (Å²) in [5.74, 6) is -0.226. The minimum atomic E-state index is -4.42. The molecule has 2 aromatic carbocycles. The monoisotopic (exact) mass is 390 g/mol. The minimum absolute atomic E-state index is 0.0360. The van der Waals surface area contributed by atoms with Crippen LogP contribution in [0, 0.1) is 0 Å². The summed E-state index contributed by atoms with van der Waals surface area (Å²) in [6, 6.07) is 7.13. The fourth-order valence-electron chi connectivity index (χ4n) is 2.06. The first-order chi connectivity index (χ1) is 11.6. The lowest BCUT2D eigenvalue weighted by Gasteiger charge is -2.16. The highest BCUT2D eigenvalue weighted by atomic mass is 35.5. The Bertz CT molecular complexity index is 780. The second-order valence-corrected chi connectivity index (χ2v) is 6.07. The molecule has 0 spiro atoms. The van der Waals surface area contributed by atoms with Gasteiger partial charge in [-0.15, -0.1) is 0 Å². The molecule has 0 aromatic heterocycles. The molecular weight excluding hydrogens is 377 g/mol. The standard InChI is InChI=1S/C16H14ClF3N2O2S/c1-8(23)12-6-10(17)7-13(14(12)24)22-15(25)21-11-4-2-9(3-5-11)16(18,19)20/h2-8,23-24H,1H3,(H2,21,22,25). The zero-order valence-electron chi connectivity index (χ0n) is 12.9. The summed E-state index contributed by atoms with van der Waals surface area (Å²) >= 11 is 11.0. The predicted molar refractivity (Wildman–Crippen MR) is 95.0 cm³/mol. The van der Waals surface area contributed by atoms with Gasteiger partial charge in [0.15, 0.2) is 5.11 Å². The summed E-state index contributed by atoms with van der Waals surface area (Å²) in [6.07, 6.45) is -5.36. The Labute approximate surface area is 152 Å². The van der Waals surface area contributed by atoms with E-state index in [2.05, 4.69) is 10.6 Å². The van der Waals surface area contributed by atoms with Crippen molar-refractivity contribution in [1.29, 1.82) is 0 Å². The molecule has 1 unspecified atom stereocenters. The SMILES string of the molecule is CC(O)c1cc(Cl)cc(NC(=S)Nc2ccc(C(F)(F)F)cc2)c1O. The number of phenols is 1. The van der Waals surface area contributed by atoms with Crippen molar-refractivity contribution in [2.24, 2.45) is 0 Å². The van der Waals surface area contributed by atoms with Crippen molar-refractivity contribution in [2.75, 3.05) is 10.6 Å². The fraction of sp³-hybridized carbons (Fsp3) is 0.188. The summed E-state index contributed by atoms with van der Waals surface area (Å²) in [7, 11) is 0. The van der Waals surface area contributed by atoms with Crippen LogP contribution in [0.3, 0.4) is 0 Å². The number of phenolic OH excluding ortho intramolecular Hbond substituents is 1. The van der Waals surface area contributed by atoms with E-state index in [-0.39, 0.29) is 27.1 Å². The highest BCUT2D eigenvalue weighted by Crippen LogP contribution is 2.35. The lowest BCUT2D eigenvalue weighted by Crippen LogP contribution is -2.19. The number of nitrogens with one attached hydrogen (secondary N) is 2. The Morgan fingerprint density at radius 3 is 2.28 bits per heavy atom. The lowest BCUT2D eigenvalue weighted by molar-refractivity contribution is -0.137. The highest BCUT2D eigenvalue weighted by Gasteiger charge is 2.29. The third kappa shape index (κ3) is 4.97. The zero-order valence-corrected chi connectivity index (χ0v) is 14.4. The lowest BCUT2D eigenvalue weighted by atomic mass is 10.1. The summed E-state index contributed by atoms with van der Waals surface area (Å²) in [4.78, 5) is 0. The van der Waals surface area contributed by atoms with Gasteiger partial charge in [0.2, 0.25) is 0 Å². The third-order valence-corrected chi connectivity index (χ3v) is 3.69. The van der Waals surface area contributed by atoms with Crippen LogP contribution >= 0.6 is 23.8 Å². The maximum atomic E-state index is 12.5. The molecule has 0 fully saturated rings. The number of benzene rings is 2. The average Bonchev–Trinajstić information content (AvgIpc) is 2.49. The number of thiocarbonyl (C=S) groups is 1. The number of halogens is 4. The highest BCUT2D eigenvalue weighted by molar-refractivity contribution is 7.80. The van der Waals surface area contributed by atoms with Gasteiger partial charge in [0, 0.05) is 16.3 Å². The Balaban J connectivity index is 2.13. The van der Waals surface area contributed by atoms with Crippen LogP contribution in [0.2, 0.25) is 5.02 Å². The average molecular weight is 391 g/mol. The molecule has 4 N–H and O–H groups in total. The van der Waals surface area contributed by atoms with Gasteiger partial charge in [-0.2, -0.15) is 13.2 Å². The molecule has 0 saturated heterocycles. The first kappa shape index (κ1) is 19.3. The van der Waals surface area contributed by atoms with Crippen molar-refractivity contribution in [2.45, 2.75) is 19.2 Å². The van der Waals surface area contributed by atoms with Crippen molar-refractivity contribution in [3.8, 4) is 5.75 Å². The van der Waals surface area contributed by atoms with Crippen molar-refractivity contribution in [3.05, 3.63) is 52.5 Å². The molecule has 0 saturated carbocycles. The van der Waals surface area contributed by atoms with E-state index in [1.807, 2.05) is 0 Å². The summed E-state index contributed by atoms with van der Waals surface area (Å²) < 4.78 is 37.6. The Hall–Kier alpha value is -2.03. The first-order valence-corrected chi connectivity index (χ1v) is 7.82. The molecule has 0 aliphatic carbocycles. The van der Waals surface area contributed by atoms with E-state index in [1.165, 1.54) is 31.2 Å². The molecule has 0 radical (unpaired) electrons. The molecule has 0 amide bonds. The van der Waals surface area contributed by atoms with Gasteiger partial charge in [0.25, 0.3) is 0 Å². The van der Waals surface area contributed by atoms with E-state index in [1.54, 1.807) is 0 Å². The second-order valence-electron chi connectivity index (χ2n) is 5.22. The van der Waals surface area contributed by atoms with Gasteiger partial charge in [0.1, 0.15) is 5.75 Å². The number of anilines is 2. The molecule has 1 atom stereocenters. The number of hydrogen-bond donors (Lipinski definition) is 4. The van der Waals surface area contributed by atoms with Gasteiger partial charge < -0.3 is 20.8 Å². The van der Waals surface area contributed by atoms with Crippen molar-refractivity contribution in [3.63, 3.8) is 0 Å². The van der Waals surface area contributed by atoms with Gasteiger partial charge in [-0.1, -0.05) is 11.6 Å². The molecule has 0 heterocycles. The van der Waals surface area contributed by atoms with Crippen molar-refractivity contribution in [1.82, 2.24) is 0 Å². The van der Waals surface area contributed by atoms with E-state index in [9.17, 15) is 23.4 Å². The zero-order chi connectivity index (χ0) is 18.8. The number of aliphatic hydroxyl groups excluding tert-OH is 1. The number of aromatic hydroxyl groups is 1. The van der Waals surface area contributed by atoms with E-state index in [0.717, 1.165) is 12.1 Å². The molecule has 9 heteroatoms. The van der Waals surface area contributed by atoms with E-state index in [0.29, 0.717) is 5.69 Å². The van der Waals surface area contributed by atoms with Gasteiger partial charge in [-0.25, -0.2) is 0 Å². The Kier molecular flexibility index (Phi) is 5.76. The summed E-state index contributed by atoms with van der Waals surface area (Å²) in [5.41, 5.74) is -0.0612. The Morgan fingerprint density at radius 2 is 1.76 bits per heavy atom. The second kappa shape index (κ2) is 7.47. The van der Waals surface area contributed by atoms with Gasteiger partial charge in [-0.05, 0) is 55.5 Å². The first-order valence-electron chi connectivity index (χ1n) is 7.03. The van der Waals surface area contributed by atoms with Crippen LogP contribution in [-0.4, -0.2) is 15.3 Å². The van der Waals surface area contributed by atoms with Crippen LogP contribution in [0.5, 0.6) is 5.75 Å². The molecular formula is C16H14ClF3N2O2S. The third-order valence-electron chi connectivity index (χ3n) is 3.27. The molecule has 0 aliphatic heterocycles. The molecule has 2 rings (SSSR count). The van der Waals surface area contributed by atoms with E-state index in [4.69, 9.17) is 23.8 Å². The molecule has 25 heavy (non-hydrogen) atoms. The predicted octanol–water partition coefficient (Wildman–Crippen LogP) is 4.93. The maximum Gasteiger partial charge on any atom is 0.416 e. The number of hydrogen-bond acceptors (Lipinski definition) is 3. The van der Waals surface area contributed by atoms with Gasteiger partial charge in [-0.3, -0.25) is 0 Å². The molecule has 2 aromatic rings. The largest absolute Gasteiger partial charge is 0.505 e. The molecule has 4 nitrogen and oxygen atoms in total. The molecule has 0 bridgehead atoms. The smallest absolute Gasteiger partial charge is 0.416 e. The van der Waals surface area contributed by atoms with Crippen LogP contribution in [0.15, 0.2) is 36.4 Å². The van der Waals surface area contributed by atoms with Gasteiger partial charge >= 0.3 is 6.18 Å². The van der Waals surface area contributed by atoms with Crippen molar-refractivity contribution < 1.29 is 23.4 Å². The fourth-order valence-corrected chi connectivity index (χ4v) is 2.52. The quantitative estimate of drug-likeness (QED) is 0.442. The minimum Gasteiger partial charge on any atom is -0.505 e. The van der Waals surface area contributed by atoms with Crippen LogP contribution in [0.1, 0.15) is 24.2 Å². The Morgan fingerprint density at radius 1 is 1.16 bits per heavy atom. The maximum absolute atomic E-state index is 12.5. The topological polar surface area (TPSA) is 64.5 Å². The molecule has 0 aliphatic rings. The van der Waals surface area contributed by atoms with Crippen LogP contribution in [0.25, 0.3) is 0 Å². The van der Waals surface area contributed by atoms with E-state index >= 15 is 0 Å². The van der Waals surface area contributed by atoms with Crippen molar-refractivity contribution >= 4 is 40.3 Å². The number of alkyl halides is 3. The molecule has 134 valence electrons.